The van der Waals surface area contributed by atoms with E-state index in [1.165, 1.54) is 11.1 Å². The van der Waals surface area contributed by atoms with E-state index in [0.717, 1.165) is 86.0 Å². The van der Waals surface area contributed by atoms with Crippen molar-refractivity contribution < 1.29 is 4.79 Å². The summed E-state index contributed by atoms with van der Waals surface area (Å²) in [7, 11) is 0. The molecule has 1 aromatic heterocycles. The third kappa shape index (κ3) is 6.89. The molecule has 0 unspecified atom stereocenters. The third-order valence-corrected chi connectivity index (χ3v) is 8.38. The maximum absolute atomic E-state index is 13.0. The Hall–Kier alpha value is -4.01. The van der Waals surface area contributed by atoms with Crippen LogP contribution in [0.25, 0.3) is 10.9 Å². The van der Waals surface area contributed by atoms with Gasteiger partial charge in [0.2, 0.25) is 11.9 Å². The van der Waals surface area contributed by atoms with Crippen molar-refractivity contribution in [2.24, 2.45) is 5.92 Å². The topological polar surface area (TPSA) is 85.4 Å². The summed E-state index contributed by atoms with van der Waals surface area (Å²) in [5.74, 6) is 1.80. The standard InChI is InChI=1S/C34H41N7O/c1-24-8-13-30-31(20-24)38-34(41-19-16-35-25(2)22-41)39-32(30)36-21-26-9-11-29(12-10-26)37-33(42)28-14-17-40(18-15-28)23-27-6-4-3-5-7-27/h3-13,20,25,28,35H,14-19,21-23H2,1-2H3,(H,37,42)(H,36,38,39)/t25-/m1/s1. The number of piperazine rings is 1. The lowest BCUT2D eigenvalue weighted by Crippen LogP contribution is -2.49. The molecule has 1 amide bonds. The minimum Gasteiger partial charge on any atom is -0.365 e. The fourth-order valence-corrected chi connectivity index (χ4v) is 5.95. The maximum Gasteiger partial charge on any atom is 0.227 e. The molecule has 2 fully saturated rings. The Labute approximate surface area is 248 Å². The zero-order valence-electron chi connectivity index (χ0n) is 24.6. The zero-order chi connectivity index (χ0) is 28.9. The van der Waals surface area contributed by atoms with Gasteiger partial charge in [-0.3, -0.25) is 9.69 Å². The summed E-state index contributed by atoms with van der Waals surface area (Å²) in [5.41, 5.74) is 5.43. The van der Waals surface area contributed by atoms with Gasteiger partial charge in [-0.2, -0.15) is 4.98 Å². The lowest BCUT2D eigenvalue weighted by Gasteiger charge is -2.32. The number of piperidine rings is 1. The van der Waals surface area contributed by atoms with E-state index in [1.54, 1.807) is 0 Å². The molecule has 0 spiro atoms. The summed E-state index contributed by atoms with van der Waals surface area (Å²) in [6, 6.07) is 25.4. The second-order valence-electron chi connectivity index (χ2n) is 11.8. The Bertz CT molecular complexity index is 1500. The number of carbonyl (C=O) groups excluding carboxylic acids is 1. The molecule has 1 atom stereocenters. The van der Waals surface area contributed by atoms with Crippen molar-refractivity contribution in [2.75, 3.05) is 48.3 Å². The molecule has 8 nitrogen and oxygen atoms in total. The quantitative estimate of drug-likeness (QED) is 0.272. The first-order chi connectivity index (χ1) is 20.5. The average molecular weight is 564 g/mol. The van der Waals surface area contributed by atoms with Crippen molar-refractivity contribution in [3.63, 3.8) is 0 Å². The number of benzene rings is 3. The van der Waals surface area contributed by atoms with E-state index >= 15 is 0 Å². The monoisotopic (exact) mass is 563 g/mol. The first-order valence-corrected chi connectivity index (χ1v) is 15.2. The minimum atomic E-state index is 0.0564. The van der Waals surface area contributed by atoms with E-state index in [2.05, 4.69) is 94.2 Å². The Morgan fingerprint density at radius 2 is 1.74 bits per heavy atom. The number of aryl methyl sites for hydroxylation is 1. The smallest absolute Gasteiger partial charge is 0.227 e. The molecule has 2 aliphatic heterocycles. The zero-order valence-corrected chi connectivity index (χ0v) is 24.6. The van der Waals surface area contributed by atoms with Crippen molar-refractivity contribution in [3.05, 3.63) is 89.5 Å². The summed E-state index contributed by atoms with van der Waals surface area (Å²) >= 11 is 0. The molecule has 0 bridgehead atoms. The van der Waals surface area contributed by atoms with Crippen LogP contribution in [0.15, 0.2) is 72.8 Å². The Morgan fingerprint density at radius 3 is 2.50 bits per heavy atom. The van der Waals surface area contributed by atoms with Gasteiger partial charge in [-0.05, 0) is 80.7 Å². The number of amides is 1. The van der Waals surface area contributed by atoms with Crippen LogP contribution < -0.4 is 20.9 Å². The van der Waals surface area contributed by atoms with Crippen molar-refractivity contribution in [2.45, 2.75) is 45.8 Å². The van der Waals surface area contributed by atoms with Crippen LogP contribution in [0.1, 0.15) is 36.5 Å². The highest BCUT2D eigenvalue weighted by Crippen LogP contribution is 2.26. The van der Waals surface area contributed by atoms with Crippen LogP contribution in [0.5, 0.6) is 0 Å². The third-order valence-electron chi connectivity index (χ3n) is 8.38. The second kappa shape index (κ2) is 12.9. The van der Waals surface area contributed by atoms with Crippen LogP contribution in [-0.2, 0) is 17.9 Å². The number of hydrogen-bond donors (Lipinski definition) is 3. The maximum atomic E-state index is 13.0. The van der Waals surface area contributed by atoms with Gasteiger partial charge in [0.15, 0.2) is 0 Å². The summed E-state index contributed by atoms with van der Waals surface area (Å²) in [6.45, 7) is 10.5. The number of fused-ring (bicyclic) bond motifs is 1. The predicted octanol–water partition coefficient (Wildman–Crippen LogP) is 5.20. The van der Waals surface area contributed by atoms with Gasteiger partial charge < -0.3 is 20.9 Å². The van der Waals surface area contributed by atoms with Gasteiger partial charge in [-0.25, -0.2) is 4.98 Å². The van der Waals surface area contributed by atoms with Gasteiger partial charge >= 0.3 is 0 Å². The van der Waals surface area contributed by atoms with Crippen LogP contribution in [0.2, 0.25) is 0 Å². The van der Waals surface area contributed by atoms with Gasteiger partial charge in [0.25, 0.3) is 0 Å². The molecule has 3 aromatic carbocycles. The van der Waals surface area contributed by atoms with Crippen LogP contribution in [0.3, 0.4) is 0 Å². The normalized spacial score (nSPS) is 18.2. The number of carbonyl (C=O) groups is 1. The first kappa shape index (κ1) is 28.1. The molecule has 218 valence electrons. The molecule has 0 radical (unpaired) electrons. The van der Waals surface area contributed by atoms with E-state index in [0.29, 0.717) is 12.6 Å². The SMILES string of the molecule is Cc1ccc2c(NCc3ccc(NC(=O)C4CCN(Cc5ccccc5)CC4)cc3)nc(N3CCN[C@H](C)C3)nc2c1. The molecule has 6 rings (SSSR count). The lowest BCUT2D eigenvalue weighted by molar-refractivity contribution is -0.121. The second-order valence-corrected chi connectivity index (χ2v) is 11.8. The molecule has 0 aliphatic carbocycles. The lowest BCUT2D eigenvalue weighted by atomic mass is 9.95. The van der Waals surface area contributed by atoms with Crippen molar-refractivity contribution in [3.8, 4) is 0 Å². The number of hydrogen-bond acceptors (Lipinski definition) is 7. The number of nitrogens with one attached hydrogen (secondary N) is 3. The van der Waals surface area contributed by atoms with Crippen molar-refractivity contribution in [1.82, 2.24) is 20.2 Å². The Balaban J connectivity index is 1.05. The molecule has 42 heavy (non-hydrogen) atoms. The summed E-state index contributed by atoms with van der Waals surface area (Å²) in [4.78, 5) is 27.6. The molecule has 0 saturated carbocycles. The van der Waals surface area contributed by atoms with E-state index in [9.17, 15) is 4.79 Å². The van der Waals surface area contributed by atoms with Crippen LogP contribution >= 0.6 is 0 Å². The van der Waals surface area contributed by atoms with E-state index in [4.69, 9.17) is 9.97 Å². The van der Waals surface area contributed by atoms with Crippen LogP contribution in [0, 0.1) is 12.8 Å². The number of anilines is 3. The van der Waals surface area contributed by atoms with Crippen LogP contribution in [-0.4, -0.2) is 59.5 Å². The van der Waals surface area contributed by atoms with Gasteiger partial charge in [-0.15, -0.1) is 0 Å². The molecular weight excluding hydrogens is 522 g/mol. The minimum absolute atomic E-state index is 0.0564. The number of nitrogens with zero attached hydrogens (tertiary/aromatic N) is 4. The van der Waals surface area contributed by atoms with E-state index in [1.807, 2.05) is 18.2 Å². The van der Waals surface area contributed by atoms with Crippen molar-refractivity contribution >= 4 is 34.3 Å². The van der Waals surface area contributed by atoms with Gasteiger partial charge in [0, 0.05) is 55.8 Å². The molecule has 2 saturated heterocycles. The van der Waals surface area contributed by atoms with E-state index in [-0.39, 0.29) is 11.8 Å². The molecule has 3 heterocycles. The van der Waals surface area contributed by atoms with Crippen molar-refractivity contribution in [1.29, 1.82) is 0 Å². The highest BCUT2D eigenvalue weighted by molar-refractivity contribution is 5.93. The Morgan fingerprint density at radius 1 is 0.952 bits per heavy atom. The number of rotatable bonds is 8. The molecule has 2 aliphatic rings. The highest BCUT2D eigenvalue weighted by atomic mass is 16.1. The molecule has 3 N–H and O–H groups in total. The molecular formula is C34H41N7O. The van der Waals surface area contributed by atoms with Crippen LogP contribution in [0.4, 0.5) is 17.5 Å². The molecule has 8 heteroatoms. The first-order valence-electron chi connectivity index (χ1n) is 15.2. The summed E-state index contributed by atoms with van der Waals surface area (Å²) < 4.78 is 0. The van der Waals surface area contributed by atoms with E-state index < -0.39 is 0 Å². The predicted molar refractivity (Wildman–Crippen MR) is 171 cm³/mol. The summed E-state index contributed by atoms with van der Waals surface area (Å²) in [6.07, 6.45) is 1.78. The highest BCUT2D eigenvalue weighted by Gasteiger charge is 2.25. The number of likely N-dealkylation sites (tertiary alicyclic amines) is 1. The van der Waals surface area contributed by atoms with Gasteiger partial charge in [0.05, 0.1) is 5.52 Å². The number of aromatic nitrogens is 2. The fraction of sp³-hybridized carbons (Fsp3) is 0.382. The van der Waals surface area contributed by atoms with Gasteiger partial charge in [-0.1, -0.05) is 48.5 Å². The largest absolute Gasteiger partial charge is 0.365 e. The Kier molecular flexibility index (Phi) is 8.63. The molecule has 4 aromatic rings. The summed E-state index contributed by atoms with van der Waals surface area (Å²) in [5, 5.41) is 11.2. The average Bonchev–Trinajstić information content (AvgIpc) is 3.01. The van der Waals surface area contributed by atoms with Gasteiger partial charge in [0.1, 0.15) is 5.82 Å². The fourth-order valence-electron chi connectivity index (χ4n) is 5.95.